The Morgan fingerprint density at radius 3 is 2.50 bits per heavy atom. The van der Waals surface area contributed by atoms with Crippen LogP contribution in [0.3, 0.4) is 0 Å². The van der Waals surface area contributed by atoms with E-state index in [4.69, 9.17) is 18.6 Å². The lowest BCUT2D eigenvalue weighted by Gasteiger charge is -2.18. The predicted octanol–water partition coefficient (Wildman–Crippen LogP) is 4.75. The molecule has 0 bridgehead atoms. The topological polar surface area (TPSA) is 99.9 Å². The van der Waals surface area contributed by atoms with Crippen LogP contribution >= 0.6 is 0 Å². The molecule has 0 radical (unpaired) electrons. The van der Waals surface area contributed by atoms with Crippen molar-refractivity contribution in [3.05, 3.63) is 78.1 Å². The van der Waals surface area contributed by atoms with Crippen LogP contribution in [0.25, 0.3) is 11.5 Å². The zero-order valence-electron chi connectivity index (χ0n) is 19.4. The van der Waals surface area contributed by atoms with Gasteiger partial charge in [-0.3, -0.25) is 0 Å². The van der Waals surface area contributed by atoms with Gasteiger partial charge in [0.1, 0.15) is 24.8 Å². The van der Waals surface area contributed by atoms with Crippen LogP contribution in [-0.4, -0.2) is 40.3 Å². The number of hydrogen-bond donors (Lipinski definition) is 1. The van der Waals surface area contributed by atoms with E-state index in [-0.39, 0.29) is 27.3 Å². The molecule has 0 fully saturated rings. The summed E-state index contributed by atoms with van der Waals surface area (Å²) < 4.78 is 63.6. The number of nitrogens with zero attached hydrogens (tertiary/aromatic N) is 1. The molecule has 4 aromatic rings. The molecule has 0 atom stereocenters. The summed E-state index contributed by atoms with van der Waals surface area (Å²) in [6.45, 7) is 1.05. The Labute approximate surface area is 207 Å². The van der Waals surface area contributed by atoms with E-state index in [1.165, 1.54) is 36.4 Å². The SMILES string of the molecule is COc1ccc(CCNc2oc(-c3ccccc3F)nc2S(=O)(=O)c2ccc3c(c2)OCCO3)cc1. The van der Waals surface area contributed by atoms with Gasteiger partial charge in [-0.15, -0.1) is 0 Å². The van der Waals surface area contributed by atoms with Crippen molar-refractivity contribution in [2.45, 2.75) is 16.3 Å². The van der Waals surface area contributed by atoms with Gasteiger partial charge < -0.3 is 23.9 Å². The Bertz CT molecular complexity index is 1480. The van der Waals surface area contributed by atoms with Gasteiger partial charge in [0.05, 0.1) is 17.6 Å². The van der Waals surface area contributed by atoms with Crippen LogP contribution in [0.15, 0.2) is 81.1 Å². The van der Waals surface area contributed by atoms with Crippen LogP contribution in [0.5, 0.6) is 17.2 Å². The zero-order chi connectivity index (χ0) is 25.1. The number of rotatable bonds is 8. The van der Waals surface area contributed by atoms with Crippen molar-refractivity contribution in [3.8, 4) is 28.7 Å². The second-order valence-corrected chi connectivity index (χ2v) is 9.83. The molecular weight excluding hydrogens is 487 g/mol. The molecule has 3 aromatic carbocycles. The van der Waals surface area contributed by atoms with E-state index in [1.54, 1.807) is 13.2 Å². The van der Waals surface area contributed by atoms with Gasteiger partial charge >= 0.3 is 0 Å². The first kappa shape index (κ1) is 23.7. The van der Waals surface area contributed by atoms with E-state index >= 15 is 0 Å². The van der Waals surface area contributed by atoms with Gasteiger partial charge in [0.15, 0.2) is 11.5 Å². The standard InChI is InChI=1S/C26H23FN2O6S/c1-32-18-8-6-17(7-9-18)12-13-28-25-26(29-24(35-25)20-4-2-3-5-21(20)27)36(30,31)19-10-11-22-23(16-19)34-15-14-33-22/h2-11,16,28H,12-15H2,1H3. The number of fused-ring (bicyclic) bond motifs is 1. The fourth-order valence-corrected chi connectivity index (χ4v) is 5.06. The summed E-state index contributed by atoms with van der Waals surface area (Å²) in [5.74, 6) is 0.739. The second-order valence-electron chi connectivity index (χ2n) is 7.97. The van der Waals surface area contributed by atoms with Crippen LogP contribution in [0, 0.1) is 5.82 Å². The van der Waals surface area contributed by atoms with Gasteiger partial charge in [-0.1, -0.05) is 24.3 Å². The number of ether oxygens (including phenoxy) is 3. The van der Waals surface area contributed by atoms with Gasteiger partial charge in [-0.2, -0.15) is 4.98 Å². The van der Waals surface area contributed by atoms with Crippen molar-refractivity contribution in [1.82, 2.24) is 4.98 Å². The molecule has 8 nitrogen and oxygen atoms in total. The summed E-state index contributed by atoms with van der Waals surface area (Å²) >= 11 is 0. The van der Waals surface area contributed by atoms with Crippen molar-refractivity contribution in [3.63, 3.8) is 0 Å². The quantitative estimate of drug-likeness (QED) is 0.363. The molecule has 1 N–H and O–H groups in total. The van der Waals surface area contributed by atoms with Crippen molar-refractivity contribution < 1.29 is 31.4 Å². The number of aromatic nitrogens is 1. The smallest absolute Gasteiger partial charge is 0.233 e. The van der Waals surface area contributed by atoms with E-state index < -0.39 is 15.7 Å². The number of benzene rings is 3. The number of hydrogen-bond acceptors (Lipinski definition) is 8. The molecule has 0 saturated heterocycles. The summed E-state index contributed by atoms with van der Waals surface area (Å²) in [7, 11) is -2.55. The number of oxazole rings is 1. The number of nitrogens with one attached hydrogen (secondary N) is 1. The number of halogens is 1. The van der Waals surface area contributed by atoms with Gasteiger partial charge in [0.25, 0.3) is 0 Å². The third kappa shape index (κ3) is 4.72. The maximum atomic E-state index is 14.4. The van der Waals surface area contributed by atoms with E-state index in [1.807, 2.05) is 24.3 Å². The Morgan fingerprint density at radius 1 is 1.00 bits per heavy atom. The van der Waals surface area contributed by atoms with Crippen molar-refractivity contribution in [2.24, 2.45) is 0 Å². The van der Waals surface area contributed by atoms with E-state index in [0.29, 0.717) is 37.7 Å². The van der Waals surface area contributed by atoms with Gasteiger partial charge in [0, 0.05) is 12.6 Å². The number of sulfone groups is 1. The molecular formula is C26H23FN2O6S. The highest BCUT2D eigenvalue weighted by atomic mass is 32.2. The first-order valence-electron chi connectivity index (χ1n) is 11.2. The molecule has 0 amide bonds. The van der Waals surface area contributed by atoms with Crippen LogP contribution in [0.1, 0.15) is 5.56 Å². The van der Waals surface area contributed by atoms with Crippen LogP contribution in [0.2, 0.25) is 0 Å². The van der Waals surface area contributed by atoms with Crippen LogP contribution < -0.4 is 19.5 Å². The molecule has 0 unspecified atom stereocenters. The molecule has 1 aliphatic rings. The summed E-state index contributed by atoms with van der Waals surface area (Å²) in [4.78, 5) is 4.16. The summed E-state index contributed by atoms with van der Waals surface area (Å²) in [5, 5.41) is 2.68. The fraction of sp³-hybridized carbons (Fsp3) is 0.192. The maximum Gasteiger partial charge on any atom is 0.233 e. The van der Waals surface area contributed by atoms with E-state index in [2.05, 4.69) is 10.3 Å². The normalized spacial score (nSPS) is 12.8. The minimum Gasteiger partial charge on any atom is -0.497 e. The molecule has 5 rings (SSSR count). The predicted molar refractivity (Wildman–Crippen MR) is 130 cm³/mol. The van der Waals surface area contributed by atoms with Crippen LogP contribution in [-0.2, 0) is 16.3 Å². The molecule has 1 aliphatic heterocycles. The summed E-state index contributed by atoms with van der Waals surface area (Å²) in [6.07, 6.45) is 0.573. The van der Waals surface area contributed by atoms with Crippen molar-refractivity contribution in [2.75, 3.05) is 32.2 Å². The molecule has 0 spiro atoms. The highest BCUT2D eigenvalue weighted by Crippen LogP contribution is 2.37. The monoisotopic (exact) mass is 510 g/mol. The number of methoxy groups -OCH3 is 1. The molecule has 0 aliphatic carbocycles. The van der Waals surface area contributed by atoms with Gasteiger partial charge in [0.2, 0.25) is 26.6 Å². The van der Waals surface area contributed by atoms with Gasteiger partial charge in [-0.05, 0) is 48.4 Å². The summed E-state index contributed by atoms with van der Waals surface area (Å²) in [5.41, 5.74) is 1.06. The zero-order valence-corrected chi connectivity index (χ0v) is 20.2. The third-order valence-electron chi connectivity index (χ3n) is 5.64. The molecule has 10 heteroatoms. The number of anilines is 1. The highest BCUT2D eigenvalue weighted by molar-refractivity contribution is 7.91. The average Bonchev–Trinajstić information content (AvgIpc) is 3.34. The Hall–Kier alpha value is -4.05. The van der Waals surface area contributed by atoms with Crippen LogP contribution in [0.4, 0.5) is 10.3 Å². The molecule has 36 heavy (non-hydrogen) atoms. The minimum atomic E-state index is -4.15. The van der Waals surface area contributed by atoms with Crippen molar-refractivity contribution >= 4 is 15.7 Å². The lowest BCUT2D eigenvalue weighted by atomic mass is 10.1. The average molecular weight is 511 g/mol. The lowest BCUT2D eigenvalue weighted by Crippen LogP contribution is -2.16. The molecule has 1 aromatic heterocycles. The Morgan fingerprint density at radius 2 is 1.75 bits per heavy atom. The van der Waals surface area contributed by atoms with Gasteiger partial charge in [-0.25, -0.2) is 12.8 Å². The highest BCUT2D eigenvalue weighted by Gasteiger charge is 2.30. The lowest BCUT2D eigenvalue weighted by molar-refractivity contribution is 0.171. The minimum absolute atomic E-state index is 0.0432. The first-order valence-corrected chi connectivity index (χ1v) is 12.7. The molecule has 0 saturated carbocycles. The molecule has 2 heterocycles. The molecule has 186 valence electrons. The Balaban J connectivity index is 1.48. The third-order valence-corrected chi connectivity index (χ3v) is 7.30. The largest absolute Gasteiger partial charge is 0.497 e. The first-order chi connectivity index (χ1) is 17.5. The fourth-order valence-electron chi connectivity index (χ4n) is 3.76. The second kappa shape index (κ2) is 9.90. The van der Waals surface area contributed by atoms with E-state index in [9.17, 15) is 12.8 Å². The Kier molecular flexibility index (Phi) is 6.51. The maximum absolute atomic E-state index is 14.4. The van der Waals surface area contributed by atoms with E-state index in [0.717, 1.165) is 11.3 Å². The van der Waals surface area contributed by atoms with Crippen molar-refractivity contribution in [1.29, 1.82) is 0 Å². The summed E-state index contributed by atoms with van der Waals surface area (Å²) in [6, 6.07) is 17.7.